The number of nitriles is 1. The van der Waals surface area contributed by atoms with Gasteiger partial charge in [-0.2, -0.15) is 10.4 Å². The number of rotatable bonds is 3. The Balaban J connectivity index is 1.68. The lowest BCUT2D eigenvalue weighted by Crippen LogP contribution is -2.22. The van der Waals surface area contributed by atoms with Gasteiger partial charge >= 0.3 is 0 Å². The molecule has 1 aliphatic heterocycles. The van der Waals surface area contributed by atoms with Gasteiger partial charge in [-0.15, -0.1) is 0 Å². The molecule has 1 unspecified atom stereocenters. The average molecular weight is 410 g/mol. The Labute approximate surface area is 178 Å². The smallest absolute Gasteiger partial charge is 0.224 e. The van der Waals surface area contributed by atoms with E-state index in [0.717, 1.165) is 22.6 Å². The predicted molar refractivity (Wildman–Crippen MR) is 112 cm³/mol. The fourth-order valence-corrected chi connectivity index (χ4v) is 3.89. The Morgan fingerprint density at radius 1 is 1.13 bits per heavy atom. The molecule has 0 saturated heterocycles. The van der Waals surface area contributed by atoms with Crippen LogP contribution in [0.4, 0.5) is 0 Å². The van der Waals surface area contributed by atoms with Crippen molar-refractivity contribution in [1.82, 2.24) is 29.3 Å². The summed E-state index contributed by atoms with van der Waals surface area (Å²) in [5.41, 5.74) is 10.3. The van der Waals surface area contributed by atoms with E-state index in [9.17, 15) is 5.26 Å². The van der Waals surface area contributed by atoms with E-state index < -0.39 is 5.92 Å². The minimum absolute atomic E-state index is 0.0724. The molecular formula is C22H18N8O. The second-order valence-electron chi connectivity index (χ2n) is 7.14. The first kappa shape index (κ1) is 18.6. The van der Waals surface area contributed by atoms with Crippen LogP contribution in [-0.4, -0.2) is 29.3 Å². The number of hydrogen-bond acceptors (Lipinski definition) is 7. The first-order valence-electron chi connectivity index (χ1n) is 9.59. The zero-order valence-electron chi connectivity index (χ0n) is 16.9. The first-order chi connectivity index (χ1) is 15.1. The van der Waals surface area contributed by atoms with Crippen LogP contribution < -0.4 is 10.5 Å². The maximum absolute atomic E-state index is 9.89. The minimum Gasteiger partial charge on any atom is -0.422 e. The average Bonchev–Trinajstić information content (AvgIpc) is 3.37. The molecule has 4 aromatic rings. The first-order valence-corrected chi connectivity index (χ1v) is 9.59. The lowest BCUT2D eigenvalue weighted by atomic mass is 9.83. The highest BCUT2D eigenvalue weighted by molar-refractivity contribution is 5.68. The third kappa shape index (κ3) is 2.93. The summed E-state index contributed by atoms with van der Waals surface area (Å²) < 4.78 is 9.39. The van der Waals surface area contributed by atoms with E-state index in [4.69, 9.17) is 10.5 Å². The number of aryl methyl sites for hydroxylation is 2. The van der Waals surface area contributed by atoms with Gasteiger partial charge in [-0.3, -0.25) is 9.97 Å². The summed E-state index contributed by atoms with van der Waals surface area (Å²) in [5, 5.41) is 14.5. The number of fused-ring (bicyclic) bond motifs is 1. The zero-order valence-corrected chi connectivity index (χ0v) is 16.9. The second-order valence-corrected chi connectivity index (χ2v) is 7.14. The van der Waals surface area contributed by atoms with Crippen molar-refractivity contribution in [3.05, 3.63) is 83.7 Å². The molecule has 0 aliphatic carbocycles. The van der Waals surface area contributed by atoms with E-state index in [-0.39, 0.29) is 5.88 Å². The summed E-state index contributed by atoms with van der Waals surface area (Å²) >= 11 is 0. The van der Waals surface area contributed by atoms with Gasteiger partial charge in [-0.05, 0) is 24.6 Å². The van der Waals surface area contributed by atoms with Gasteiger partial charge in [0, 0.05) is 37.5 Å². The van der Waals surface area contributed by atoms with Crippen LogP contribution in [0.3, 0.4) is 0 Å². The molecule has 0 saturated carbocycles. The number of aromatic nitrogens is 6. The highest BCUT2D eigenvalue weighted by Crippen LogP contribution is 2.46. The van der Waals surface area contributed by atoms with Crippen LogP contribution in [0.25, 0.3) is 17.1 Å². The number of ether oxygens (including phenoxy) is 1. The number of hydrogen-bond donors (Lipinski definition) is 1. The third-order valence-electron chi connectivity index (χ3n) is 5.34. The fraction of sp³-hybridized carbons (Fsp3) is 0.136. The normalized spacial score (nSPS) is 15.3. The molecule has 1 aliphatic rings. The van der Waals surface area contributed by atoms with Crippen LogP contribution in [0, 0.1) is 18.3 Å². The molecule has 152 valence electrons. The predicted octanol–water partition coefficient (Wildman–Crippen LogP) is 2.59. The molecule has 31 heavy (non-hydrogen) atoms. The molecule has 1 atom stereocenters. The van der Waals surface area contributed by atoms with Crippen molar-refractivity contribution in [2.24, 2.45) is 12.8 Å². The number of benzene rings is 1. The summed E-state index contributed by atoms with van der Waals surface area (Å²) in [6.07, 6.45) is 8.50. The molecule has 0 fully saturated rings. The number of nitrogens with zero attached hydrogens (tertiary/aromatic N) is 7. The van der Waals surface area contributed by atoms with Gasteiger partial charge in [0.05, 0.1) is 17.7 Å². The Morgan fingerprint density at radius 2 is 1.94 bits per heavy atom. The van der Waals surface area contributed by atoms with Crippen molar-refractivity contribution in [3.63, 3.8) is 0 Å². The molecule has 2 N–H and O–H groups in total. The van der Waals surface area contributed by atoms with Crippen molar-refractivity contribution in [3.8, 4) is 29.0 Å². The minimum atomic E-state index is -0.447. The highest BCUT2D eigenvalue weighted by atomic mass is 16.5. The molecule has 0 radical (unpaired) electrons. The number of nitrogens with two attached hydrogens (primary N) is 1. The van der Waals surface area contributed by atoms with Gasteiger partial charge in [0.15, 0.2) is 0 Å². The quantitative estimate of drug-likeness (QED) is 0.551. The van der Waals surface area contributed by atoms with Crippen molar-refractivity contribution < 1.29 is 4.74 Å². The van der Waals surface area contributed by atoms with Crippen LogP contribution >= 0.6 is 0 Å². The van der Waals surface area contributed by atoms with Gasteiger partial charge in [0.1, 0.15) is 28.9 Å². The maximum atomic E-state index is 9.89. The van der Waals surface area contributed by atoms with Gasteiger partial charge in [-0.1, -0.05) is 12.1 Å². The highest BCUT2D eigenvalue weighted by Gasteiger charge is 2.37. The van der Waals surface area contributed by atoms with Crippen LogP contribution in [0.2, 0.25) is 0 Å². The fourth-order valence-electron chi connectivity index (χ4n) is 3.89. The summed E-state index contributed by atoms with van der Waals surface area (Å²) in [6, 6.07) is 10.2. The van der Waals surface area contributed by atoms with Crippen molar-refractivity contribution in [2.45, 2.75) is 12.8 Å². The van der Waals surface area contributed by atoms with Gasteiger partial charge < -0.3 is 15.0 Å². The van der Waals surface area contributed by atoms with Crippen molar-refractivity contribution >= 4 is 0 Å². The Bertz CT molecular complexity index is 1340. The SMILES string of the molecule is Cc1nccn1-c1ccc(C2C(C#N)=C(N)Oc3c2c(-c2cnccn2)nn3C)cc1. The Kier molecular flexibility index (Phi) is 4.26. The maximum Gasteiger partial charge on any atom is 0.224 e. The summed E-state index contributed by atoms with van der Waals surface area (Å²) in [7, 11) is 1.77. The van der Waals surface area contributed by atoms with E-state index in [1.165, 1.54) is 0 Å². The van der Waals surface area contributed by atoms with Gasteiger partial charge in [0.2, 0.25) is 11.8 Å². The van der Waals surface area contributed by atoms with Crippen molar-refractivity contribution in [2.75, 3.05) is 0 Å². The molecule has 9 nitrogen and oxygen atoms in total. The molecule has 1 aromatic carbocycles. The van der Waals surface area contributed by atoms with Gasteiger partial charge in [0.25, 0.3) is 0 Å². The van der Waals surface area contributed by atoms with E-state index in [1.807, 2.05) is 42.0 Å². The van der Waals surface area contributed by atoms with E-state index >= 15 is 0 Å². The van der Waals surface area contributed by atoms with Crippen molar-refractivity contribution in [1.29, 1.82) is 5.26 Å². The summed E-state index contributed by atoms with van der Waals surface area (Å²) in [6.45, 7) is 1.94. The van der Waals surface area contributed by atoms with E-state index in [1.54, 1.807) is 36.5 Å². The second kappa shape index (κ2) is 7.11. The van der Waals surface area contributed by atoms with E-state index in [0.29, 0.717) is 22.8 Å². The van der Waals surface area contributed by atoms with Crippen LogP contribution in [0.15, 0.2) is 66.7 Å². The zero-order chi connectivity index (χ0) is 21.5. The molecule has 3 aromatic heterocycles. The molecule has 5 rings (SSSR count). The Morgan fingerprint density at radius 3 is 2.58 bits per heavy atom. The Hall–Kier alpha value is -4.45. The molecule has 0 bridgehead atoms. The number of imidazole rings is 1. The molecular weight excluding hydrogens is 392 g/mol. The van der Waals surface area contributed by atoms with Gasteiger partial charge in [-0.25, -0.2) is 9.67 Å². The van der Waals surface area contributed by atoms with Crippen LogP contribution in [0.1, 0.15) is 22.9 Å². The largest absolute Gasteiger partial charge is 0.422 e. The molecule has 0 spiro atoms. The summed E-state index contributed by atoms with van der Waals surface area (Å²) in [5.74, 6) is 0.998. The van der Waals surface area contributed by atoms with Crippen LogP contribution in [-0.2, 0) is 7.05 Å². The molecule has 9 heteroatoms. The molecule has 4 heterocycles. The van der Waals surface area contributed by atoms with Crippen LogP contribution in [0.5, 0.6) is 5.88 Å². The third-order valence-corrected chi connectivity index (χ3v) is 5.34. The molecule has 0 amide bonds. The number of allylic oxidation sites excluding steroid dienone is 1. The summed E-state index contributed by atoms with van der Waals surface area (Å²) in [4.78, 5) is 12.8. The standard InChI is InChI=1S/C22H18N8O/c1-13-26-9-10-30(13)15-5-3-14(4-6-15)18-16(11-23)21(24)31-22-19(18)20(28-29(22)2)17-12-25-7-8-27-17/h3-10,12,18H,24H2,1-2H3. The lowest BCUT2D eigenvalue weighted by Gasteiger charge is -2.25. The monoisotopic (exact) mass is 410 g/mol. The topological polar surface area (TPSA) is 120 Å². The van der Waals surface area contributed by atoms with E-state index in [2.05, 4.69) is 26.1 Å². The lowest BCUT2D eigenvalue weighted by molar-refractivity contribution is 0.358.